The molecule has 6 nitrogen and oxygen atoms in total. The SMILES string of the molecule is CCOC(=O)c1c(C)[nH]c(C(=O)O[C@H](C)C(=O)c2ccc(C)cc2)c1C. The number of carbonyl (C=O) groups excluding carboxylic acids is 3. The number of benzene rings is 1. The van der Waals surface area contributed by atoms with Crippen LogP contribution in [0.25, 0.3) is 0 Å². The Kier molecular flexibility index (Phi) is 5.97. The summed E-state index contributed by atoms with van der Waals surface area (Å²) in [5.41, 5.74) is 2.94. The lowest BCUT2D eigenvalue weighted by molar-refractivity contribution is 0.0313. The highest BCUT2D eigenvalue weighted by molar-refractivity contribution is 6.02. The van der Waals surface area contributed by atoms with E-state index in [2.05, 4.69) is 4.98 Å². The third-order valence-electron chi connectivity index (χ3n) is 4.11. The van der Waals surface area contributed by atoms with Gasteiger partial charge in [0.25, 0.3) is 0 Å². The van der Waals surface area contributed by atoms with E-state index < -0.39 is 18.0 Å². The third kappa shape index (κ3) is 4.02. The monoisotopic (exact) mass is 357 g/mol. The fourth-order valence-corrected chi connectivity index (χ4v) is 2.69. The summed E-state index contributed by atoms with van der Waals surface area (Å²) in [6.07, 6.45) is -0.945. The quantitative estimate of drug-likeness (QED) is 0.631. The number of nitrogens with one attached hydrogen (secondary N) is 1. The lowest BCUT2D eigenvalue weighted by atomic mass is 10.1. The van der Waals surface area contributed by atoms with E-state index in [0.29, 0.717) is 22.4 Å². The first-order valence-electron chi connectivity index (χ1n) is 8.44. The molecule has 6 heteroatoms. The highest BCUT2D eigenvalue weighted by atomic mass is 16.5. The second-order valence-electron chi connectivity index (χ2n) is 6.12. The fraction of sp³-hybridized carbons (Fsp3) is 0.350. The molecule has 0 radical (unpaired) electrons. The normalized spacial score (nSPS) is 11.7. The van der Waals surface area contributed by atoms with Crippen LogP contribution in [0, 0.1) is 20.8 Å². The first-order chi connectivity index (χ1) is 12.3. The van der Waals surface area contributed by atoms with E-state index in [1.54, 1.807) is 32.9 Å². The number of H-pyrrole nitrogens is 1. The molecule has 1 aromatic carbocycles. The molecule has 0 fully saturated rings. The maximum absolute atomic E-state index is 12.5. The molecule has 0 aliphatic rings. The van der Waals surface area contributed by atoms with E-state index in [1.165, 1.54) is 6.92 Å². The van der Waals surface area contributed by atoms with Crippen molar-refractivity contribution in [2.45, 2.75) is 40.7 Å². The average Bonchev–Trinajstić information content (AvgIpc) is 2.89. The predicted octanol–water partition coefficient (Wildman–Crippen LogP) is 3.54. The summed E-state index contributed by atoms with van der Waals surface area (Å²) in [7, 11) is 0. The minimum Gasteiger partial charge on any atom is -0.462 e. The maximum Gasteiger partial charge on any atom is 0.355 e. The van der Waals surface area contributed by atoms with Gasteiger partial charge >= 0.3 is 11.9 Å². The topological polar surface area (TPSA) is 85.5 Å². The Labute approximate surface area is 152 Å². The highest BCUT2D eigenvalue weighted by Crippen LogP contribution is 2.20. The van der Waals surface area contributed by atoms with Crippen LogP contribution < -0.4 is 0 Å². The molecule has 0 spiro atoms. The number of hydrogen-bond acceptors (Lipinski definition) is 5. The summed E-state index contributed by atoms with van der Waals surface area (Å²) in [6.45, 7) is 8.72. The zero-order chi connectivity index (χ0) is 19.4. The minimum atomic E-state index is -0.945. The van der Waals surface area contributed by atoms with Crippen molar-refractivity contribution in [3.63, 3.8) is 0 Å². The molecule has 1 atom stereocenters. The second-order valence-corrected chi connectivity index (χ2v) is 6.12. The van der Waals surface area contributed by atoms with Gasteiger partial charge in [0, 0.05) is 11.3 Å². The Balaban J connectivity index is 2.17. The van der Waals surface area contributed by atoms with Gasteiger partial charge in [-0.05, 0) is 40.2 Å². The maximum atomic E-state index is 12.5. The standard InChI is InChI=1S/C20H23NO5/c1-6-25-19(23)16-12(3)17(21-13(16)4)20(24)26-14(5)18(22)15-9-7-11(2)8-10-15/h7-10,14,21H,6H2,1-5H3/t14-/m1/s1. The average molecular weight is 357 g/mol. The van der Waals surface area contributed by atoms with E-state index in [1.807, 2.05) is 19.1 Å². The highest BCUT2D eigenvalue weighted by Gasteiger charge is 2.26. The van der Waals surface area contributed by atoms with Crippen LogP contribution in [0.5, 0.6) is 0 Å². The number of aryl methyl sites for hydroxylation is 2. The van der Waals surface area contributed by atoms with Gasteiger partial charge in [-0.3, -0.25) is 4.79 Å². The summed E-state index contributed by atoms with van der Waals surface area (Å²) in [5.74, 6) is -1.47. The molecule has 0 aliphatic carbocycles. The Morgan fingerprint density at radius 1 is 1.04 bits per heavy atom. The molecule has 1 N–H and O–H groups in total. The summed E-state index contributed by atoms with van der Waals surface area (Å²) in [5, 5.41) is 0. The van der Waals surface area contributed by atoms with Crippen molar-refractivity contribution in [2.75, 3.05) is 6.61 Å². The Hall–Kier alpha value is -2.89. The number of rotatable bonds is 6. The lowest BCUT2D eigenvalue weighted by Gasteiger charge is -2.12. The molecule has 0 saturated heterocycles. The molecule has 1 aromatic heterocycles. The number of aromatic amines is 1. The number of aromatic nitrogens is 1. The van der Waals surface area contributed by atoms with Crippen LogP contribution in [0.3, 0.4) is 0 Å². The number of esters is 2. The molecule has 138 valence electrons. The molecule has 0 saturated carbocycles. The van der Waals surface area contributed by atoms with E-state index in [9.17, 15) is 14.4 Å². The first kappa shape index (κ1) is 19.4. The van der Waals surface area contributed by atoms with Crippen molar-refractivity contribution in [1.82, 2.24) is 4.98 Å². The smallest absolute Gasteiger partial charge is 0.355 e. The van der Waals surface area contributed by atoms with Crippen LogP contribution in [0.1, 0.15) is 61.9 Å². The molecule has 0 unspecified atom stereocenters. The largest absolute Gasteiger partial charge is 0.462 e. The van der Waals surface area contributed by atoms with Crippen molar-refractivity contribution in [3.05, 3.63) is 57.9 Å². The van der Waals surface area contributed by atoms with E-state index >= 15 is 0 Å². The van der Waals surface area contributed by atoms with E-state index in [-0.39, 0.29) is 18.1 Å². The Morgan fingerprint density at radius 2 is 1.65 bits per heavy atom. The zero-order valence-electron chi connectivity index (χ0n) is 15.6. The van der Waals surface area contributed by atoms with E-state index in [4.69, 9.17) is 9.47 Å². The van der Waals surface area contributed by atoms with Crippen molar-refractivity contribution in [1.29, 1.82) is 0 Å². The van der Waals surface area contributed by atoms with Crippen LogP contribution in [0.2, 0.25) is 0 Å². The van der Waals surface area contributed by atoms with Crippen LogP contribution >= 0.6 is 0 Å². The predicted molar refractivity (Wildman–Crippen MR) is 96.6 cm³/mol. The van der Waals surface area contributed by atoms with Crippen molar-refractivity contribution < 1.29 is 23.9 Å². The minimum absolute atomic E-state index is 0.147. The van der Waals surface area contributed by atoms with Gasteiger partial charge in [-0.2, -0.15) is 0 Å². The van der Waals surface area contributed by atoms with Gasteiger partial charge in [0.15, 0.2) is 6.10 Å². The van der Waals surface area contributed by atoms with Crippen LogP contribution in [0.4, 0.5) is 0 Å². The van der Waals surface area contributed by atoms with Crippen LogP contribution in [-0.2, 0) is 9.47 Å². The van der Waals surface area contributed by atoms with Gasteiger partial charge in [-0.15, -0.1) is 0 Å². The molecule has 0 aliphatic heterocycles. The Bertz CT molecular complexity index is 833. The number of ether oxygens (including phenoxy) is 2. The van der Waals surface area contributed by atoms with Gasteiger partial charge in [0.1, 0.15) is 5.69 Å². The van der Waals surface area contributed by atoms with E-state index in [0.717, 1.165) is 5.56 Å². The van der Waals surface area contributed by atoms with Gasteiger partial charge in [0.2, 0.25) is 5.78 Å². The molecule has 0 amide bonds. The fourth-order valence-electron chi connectivity index (χ4n) is 2.69. The van der Waals surface area contributed by atoms with Gasteiger partial charge in [-0.1, -0.05) is 29.8 Å². The number of Topliss-reactive ketones (excluding diaryl/α,β-unsaturated/α-hetero) is 1. The summed E-state index contributed by atoms with van der Waals surface area (Å²) in [4.78, 5) is 39.7. The molecular formula is C20H23NO5. The molecule has 0 bridgehead atoms. The molecule has 26 heavy (non-hydrogen) atoms. The van der Waals surface area contributed by atoms with Gasteiger partial charge in [-0.25, -0.2) is 9.59 Å². The number of carbonyl (C=O) groups is 3. The number of ketones is 1. The van der Waals surface area contributed by atoms with Crippen LogP contribution in [-0.4, -0.2) is 35.4 Å². The zero-order valence-corrected chi connectivity index (χ0v) is 15.6. The third-order valence-corrected chi connectivity index (χ3v) is 4.11. The van der Waals surface area contributed by atoms with Gasteiger partial charge in [0.05, 0.1) is 12.2 Å². The molecule has 2 aromatic rings. The number of hydrogen-bond donors (Lipinski definition) is 1. The van der Waals surface area contributed by atoms with Gasteiger partial charge < -0.3 is 14.5 Å². The molecular weight excluding hydrogens is 334 g/mol. The summed E-state index contributed by atoms with van der Waals surface area (Å²) in [6, 6.07) is 7.05. The van der Waals surface area contributed by atoms with Crippen molar-refractivity contribution in [2.24, 2.45) is 0 Å². The van der Waals surface area contributed by atoms with Crippen molar-refractivity contribution >= 4 is 17.7 Å². The molecule has 1 heterocycles. The van der Waals surface area contributed by atoms with Crippen LogP contribution in [0.15, 0.2) is 24.3 Å². The lowest BCUT2D eigenvalue weighted by Crippen LogP contribution is -2.25. The Morgan fingerprint density at radius 3 is 2.23 bits per heavy atom. The summed E-state index contributed by atoms with van der Waals surface area (Å²) < 4.78 is 10.3. The first-order valence-corrected chi connectivity index (χ1v) is 8.44. The second kappa shape index (κ2) is 7.99. The van der Waals surface area contributed by atoms with Crippen molar-refractivity contribution in [3.8, 4) is 0 Å². The molecule has 2 rings (SSSR count). The summed E-state index contributed by atoms with van der Waals surface area (Å²) >= 11 is 0.